The molecule has 112 valence electrons. The standard InChI is InChI=1S/C14H28N2O3/c1-3-4-5-6-7-8-9-10-11-15-14(19)16-12(2)13(17)18/h12H,3-11H2,1-2H3,(H,17,18)(H2,15,16,19)/t12-/m0/s1. The Bertz CT molecular complexity index is 257. The summed E-state index contributed by atoms with van der Waals surface area (Å²) in [6.07, 6.45) is 9.75. The number of carboxylic acids is 1. The molecule has 5 nitrogen and oxygen atoms in total. The molecule has 0 aliphatic heterocycles. The van der Waals surface area contributed by atoms with E-state index in [1.807, 2.05) is 0 Å². The Kier molecular flexibility index (Phi) is 11.0. The molecule has 0 aromatic rings. The van der Waals surface area contributed by atoms with Crippen LogP contribution >= 0.6 is 0 Å². The third kappa shape index (κ3) is 11.6. The second-order valence-electron chi connectivity index (χ2n) is 4.94. The van der Waals surface area contributed by atoms with Crippen LogP contribution in [0, 0.1) is 0 Å². The lowest BCUT2D eigenvalue weighted by Gasteiger charge is -2.10. The molecule has 0 saturated heterocycles. The first-order valence-corrected chi connectivity index (χ1v) is 7.35. The van der Waals surface area contributed by atoms with E-state index in [9.17, 15) is 9.59 Å². The van der Waals surface area contributed by atoms with E-state index < -0.39 is 18.0 Å². The average Bonchev–Trinajstić information content (AvgIpc) is 2.36. The molecule has 0 spiro atoms. The third-order valence-electron chi connectivity index (χ3n) is 3.03. The van der Waals surface area contributed by atoms with Gasteiger partial charge in [-0.1, -0.05) is 51.9 Å². The minimum Gasteiger partial charge on any atom is -0.480 e. The summed E-state index contributed by atoms with van der Waals surface area (Å²) in [5.41, 5.74) is 0. The molecule has 0 saturated carbocycles. The first-order valence-electron chi connectivity index (χ1n) is 7.35. The number of urea groups is 1. The normalized spacial score (nSPS) is 11.9. The fourth-order valence-electron chi connectivity index (χ4n) is 1.77. The summed E-state index contributed by atoms with van der Waals surface area (Å²) >= 11 is 0. The van der Waals surface area contributed by atoms with Crippen LogP contribution in [-0.2, 0) is 4.79 Å². The van der Waals surface area contributed by atoms with Crippen molar-refractivity contribution < 1.29 is 14.7 Å². The lowest BCUT2D eigenvalue weighted by molar-refractivity contribution is -0.138. The number of nitrogens with one attached hydrogen (secondary N) is 2. The van der Waals surface area contributed by atoms with Gasteiger partial charge in [0.2, 0.25) is 0 Å². The number of carbonyl (C=O) groups excluding carboxylic acids is 1. The zero-order chi connectivity index (χ0) is 14.5. The minimum atomic E-state index is -1.03. The van der Waals surface area contributed by atoms with Crippen LogP contribution in [0.15, 0.2) is 0 Å². The van der Waals surface area contributed by atoms with E-state index in [0.29, 0.717) is 6.54 Å². The highest BCUT2D eigenvalue weighted by atomic mass is 16.4. The van der Waals surface area contributed by atoms with Crippen LogP contribution in [0.1, 0.15) is 65.2 Å². The molecule has 0 heterocycles. The second kappa shape index (κ2) is 11.8. The van der Waals surface area contributed by atoms with Crippen LogP contribution in [0.4, 0.5) is 4.79 Å². The predicted octanol–water partition coefficient (Wildman–Crippen LogP) is 2.90. The summed E-state index contributed by atoms with van der Waals surface area (Å²) in [7, 11) is 0. The molecule has 0 aromatic carbocycles. The molecule has 0 rings (SSSR count). The number of carboxylic acid groups (broad SMARTS) is 1. The summed E-state index contributed by atoms with van der Waals surface area (Å²) in [6.45, 7) is 4.26. The van der Waals surface area contributed by atoms with E-state index >= 15 is 0 Å². The monoisotopic (exact) mass is 272 g/mol. The number of hydrogen-bond donors (Lipinski definition) is 3. The van der Waals surface area contributed by atoms with E-state index in [1.165, 1.54) is 45.4 Å². The van der Waals surface area contributed by atoms with Gasteiger partial charge in [0.25, 0.3) is 0 Å². The highest BCUT2D eigenvalue weighted by Crippen LogP contribution is 2.07. The summed E-state index contributed by atoms with van der Waals surface area (Å²) in [5.74, 6) is -1.03. The fourth-order valence-corrected chi connectivity index (χ4v) is 1.77. The van der Waals surface area contributed by atoms with Crippen LogP contribution in [-0.4, -0.2) is 29.7 Å². The molecule has 3 N–H and O–H groups in total. The Balaban J connectivity index is 3.30. The largest absolute Gasteiger partial charge is 0.480 e. The van der Waals surface area contributed by atoms with Crippen molar-refractivity contribution in [1.29, 1.82) is 0 Å². The van der Waals surface area contributed by atoms with E-state index in [0.717, 1.165) is 12.8 Å². The molecule has 0 unspecified atom stereocenters. The highest BCUT2D eigenvalue weighted by Gasteiger charge is 2.12. The third-order valence-corrected chi connectivity index (χ3v) is 3.03. The Morgan fingerprint density at radius 3 is 2.05 bits per heavy atom. The topological polar surface area (TPSA) is 78.4 Å². The van der Waals surface area contributed by atoms with E-state index in [-0.39, 0.29) is 0 Å². The highest BCUT2D eigenvalue weighted by molar-refractivity contribution is 5.82. The first kappa shape index (κ1) is 17.7. The zero-order valence-corrected chi connectivity index (χ0v) is 12.2. The van der Waals surface area contributed by atoms with Crippen LogP contribution in [0.5, 0.6) is 0 Å². The van der Waals surface area contributed by atoms with Gasteiger partial charge in [0, 0.05) is 6.54 Å². The number of amides is 2. The Morgan fingerprint density at radius 1 is 1.00 bits per heavy atom. The Morgan fingerprint density at radius 2 is 1.53 bits per heavy atom. The second-order valence-corrected chi connectivity index (χ2v) is 4.94. The molecule has 0 aliphatic carbocycles. The van der Waals surface area contributed by atoms with Crippen molar-refractivity contribution in [2.24, 2.45) is 0 Å². The molecule has 1 atom stereocenters. The molecule has 0 aromatic heterocycles. The van der Waals surface area contributed by atoms with E-state index in [1.54, 1.807) is 0 Å². The SMILES string of the molecule is CCCCCCCCCCNC(=O)N[C@@H](C)C(=O)O. The maximum atomic E-state index is 11.3. The summed E-state index contributed by atoms with van der Waals surface area (Å²) in [5, 5.41) is 13.6. The smallest absolute Gasteiger partial charge is 0.325 e. The first-order chi connectivity index (χ1) is 9.07. The Hall–Kier alpha value is -1.26. The minimum absolute atomic E-state index is 0.405. The predicted molar refractivity (Wildman–Crippen MR) is 76.2 cm³/mol. The molecule has 0 radical (unpaired) electrons. The molecule has 19 heavy (non-hydrogen) atoms. The number of aliphatic carboxylic acids is 1. The summed E-state index contributed by atoms with van der Waals surface area (Å²) in [6, 6.07) is -1.25. The Labute approximate surface area is 116 Å². The van der Waals surface area contributed by atoms with Crippen molar-refractivity contribution in [2.75, 3.05) is 6.54 Å². The number of rotatable bonds is 11. The van der Waals surface area contributed by atoms with Crippen molar-refractivity contribution >= 4 is 12.0 Å². The quantitative estimate of drug-likeness (QED) is 0.506. The molecule has 0 bridgehead atoms. The van der Waals surface area contributed by atoms with Crippen LogP contribution < -0.4 is 10.6 Å². The van der Waals surface area contributed by atoms with Gasteiger partial charge in [-0.05, 0) is 13.3 Å². The van der Waals surface area contributed by atoms with Crippen molar-refractivity contribution in [2.45, 2.75) is 71.3 Å². The van der Waals surface area contributed by atoms with Gasteiger partial charge >= 0.3 is 12.0 Å². The van der Waals surface area contributed by atoms with Crippen LogP contribution in [0.3, 0.4) is 0 Å². The lowest BCUT2D eigenvalue weighted by Crippen LogP contribution is -2.44. The number of carbonyl (C=O) groups is 2. The van der Waals surface area contributed by atoms with Crippen LogP contribution in [0.25, 0.3) is 0 Å². The van der Waals surface area contributed by atoms with Gasteiger partial charge in [0.05, 0.1) is 0 Å². The zero-order valence-electron chi connectivity index (χ0n) is 12.2. The van der Waals surface area contributed by atoms with Gasteiger partial charge in [-0.3, -0.25) is 4.79 Å². The molecule has 0 aliphatic rings. The fraction of sp³-hybridized carbons (Fsp3) is 0.857. The molecule has 5 heteroatoms. The number of unbranched alkanes of at least 4 members (excludes halogenated alkanes) is 7. The molecular weight excluding hydrogens is 244 g/mol. The molecular formula is C14H28N2O3. The molecule has 0 fully saturated rings. The van der Waals surface area contributed by atoms with Gasteiger partial charge in [-0.2, -0.15) is 0 Å². The maximum Gasteiger partial charge on any atom is 0.325 e. The van der Waals surface area contributed by atoms with Gasteiger partial charge < -0.3 is 15.7 Å². The van der Waals surface area contributed by atoms with Gasteiger partial charge in [-0.15, -0.1) is 0 Å². The average molecular weight is 272 g/mol. The maximum absolute atomic E-state index is 11.3. The van der Waals surface area contributed by atoms with E-state index in [4.69, 9.17) is 5.11 Å². The summed E-state index contributed by atoms with van der Waals surface area (Å²) in [4.78, 5) is 21.8. The van der Waals surface area contributed by atoms with Crippen molar-refractivity contribution in [3.05, 3.63) is 0 Å². The lowest BCUT2D eigenvalue weighted by atomic mass is 10.1. The van der Waals surface area contributed by atoms with Gasteiger partial charge in [0.15, 0.2) is 0 Å². The van der Waals surface area contributed by atoms with Crippen molar-refractivity contribution in [3.8, 4) is 0 Å². The number of hydrogen-bond acceptors (Lipinski definition) is 2. The molecule has 2 amide bonds. The summed E-state index contributed by atoms with van der Waals surface area (Å²) < 4.78 is 0. The van der Waals surface area contributed by atoms with Gasteiger partial charge in [-0.25, -0.2) is 4.79 Å². The van der Waals surface area contributed by atoms with Crippen molar-refractivity contribution in [3.63, 3.8) is 0 Å². The van der Waals surface area contributed by atoms with Crippen molar-refractivity contribution in [1.82, 2.24) is 10.6 Å². The van der Waals surface area contributed by atoms with E-state index in [2.05, 4.69) is 17.6 Å². The van der Waals surface area contributed by atoms with Crippen LogP contribution in [0.2, 0.25) is 0 Å². The van der Waals surface area contributed by atoms with Gasteiger partial charge in [0.1, 0.15) is 6.04 Å².